The Morgan fingerprint density at radius 1 is 1.46 bits per heavy atom. The lowest BCUT2D eigenvalue weighted by atomic mass is 10.3. The van der Waals surface area contributed by atoms with Crippen molar-refractivity contribution in [3.8, 4) is 0 Å². The number of urea groups is 1. The largest absolute Gasteiger partial charge is 0.327 e. The summed E-state index contributed by atoms with van der Waals surface area (Å²) < 4.78 is 0. The normalized spacial score (nSPS) is 23.2. The van der Waals surface area contributed by atoms with E-state index in [9.17, 15) is 9.59 Å². The van der Waals surface area contributed by atoms with Crippen molar-refractivity contribution in [1.82, 2.24) is 9.80 Å². The monoisotopic (exact) mass is 202 g/mol. The molecule has 0 saturated carbocycles. The maximum Gasteiger partial charge on any atom is 0.327 e. The summed E-state index contributed by atoms with van der Waals surface area (Å²) in [6.07, 6.45) is 1.82. The van der Waals surface area contributed by atoms with Crippen LogP contribution in [0.25, 0.3) is 0 Å². The fourth-order valence-electron chi connectivity index (χ4n) is 1.22. The van der Waals surface area contributed by atoms with Gasteiger partial charge in [0.2, 0.25) is 0 Å². The Morgan fingerprint density at radius 3 is 2.46 bits per heavy atom. The lowest BCUT2D eigenvalue weighted by Gasteiger charge is -2.12. The fraction of sp³-hybridized carbons (Fsp3) is 0.750. The second-order valence-electron chi connectivity index (χ2n) is 3.11. The maximum atomic E-state index is 11.4. The van der Waals surface area contributed by atoms with Crippen molar-refractivity contribution in [1.29, 1.82) is 0 Å². The van der Waals surface area contributed by atoms with Gasteiger partial charge in [0.05, 0.1) is 0 Å². The van der Waals surface area contributed by atoms with Gasteiger partial charge < -0.3 is 4.90 Å². The SMILES string of the molecule is CCCCN1C(=O)C(S)N(C)C1=O. The van der Waals surface area contributed by atoms with Gasteiger partial charge in [-0.25, -0.2) is 4.79 Å². The first-order valence-corrected chi connectivity index (χ1v) is 4.87. The van der Waals surface area contributed by atoms with Crippen LogP contribution in [-0.4, -0.2) is 40.7 Å². The quantitative estimate of drug-likeness (QED) is 0.546. The topological polar surface area (TPSA) is 40.6 Å². The Morgan fingerprint density at radius 2 is 2.08 bits per heavy atom. The van der Waals surface area contributed by atoms with Gasteiger partial charge in [-0.15, -0.1) is 12.6 Å². The zero-order chi connectivity index (χ0) is 10.0. The van der Waals surface area contributed by atoms with Crippen molar-refractivity contribution in [2.45, 2.75) is 25.1 Å². The zero-order valence-corrected chi connectivity index (χ0v) is 8.75. The highest BCUT2D eigenvalue weighted by Crippen LogP contribution is 2.18. The van der Waals surface area contributed by atoms with Crippen LogP contribution in [0.15, 0.2) is 0 Å². The third-order valence-corrected chi connectivity index (χ3v) is 2.69. The van der Waals surface area contributed by atoms with Crippen LogP contribution in [-0.2, 0) is 4.79 Å². The van der Waals surface area contributed by atoms with Gasteiger partial charge in [-0.3, -0.25) is 9.69 Å². The first-order chi connectivity index (χ1) is 6.09. The predicted molar refractivity (Wildman–Crippen MR) is 52.6 cm³/mol. The number of hydrogen-bond donors (Lipinski definition) is 1. The third kappa shape index (κ3) is 1.80. The molecule has 0 bridgehead atoms. The van der Waals surface area contributed by atoms with Gasteiger partial charge in [0.25, 0.3) is 5.91 Å². The van der Waals surface area contributed by atoms with Gasteiger partial charge in [0.1, 0.15) is 0 Å². The van der Waals surface area contributed by atoms with Crippen molar-refractivity contribution < 1.29 is 9.59 Å². The van der Waals surface area contributed by atoms with E-state index in [-0.39, 0.29) is 11.9 Å². The van der Waals surface area contributed by atoms with E-state index in [0.717, 1.165) is 12.8 Å². The minimum Gasteiger partial charge on any atom is -0.307 e. The van der Waals surface area contributed by atoms with E-state index in [0.29, 0.717) is 6.54 Å². The molecule has 1 atom stereocenters. The van der Waals surface area contributed by atoms with E-state index in [1.807, 2.05) is 6.92 Å². The van der Waals surface area contributed by atoms with E-state index in [1.54, 1.807) is 7.05 Å². The number of likely N-dealkylation sites (N-methyl/N-ethyl adjacent to an activating group) is 1. The van der Waals surface area contributed by atoms with Gasteiger partial charge in [0, 0.05) is 13.6 Å². The summed E-state index contributed by atoms with van der Waals surface area (Å²) in [5, 5.41) is -0.593. The van der Waals surface area contributed by atoms with Gasteiger partial charge in [-0.2, -0.15) is 0 Å². The molecular weight excluding hydrogens is 188 g/mol. The summed E-state index contributed by atoms with van der Waals surface area (Å²) in [6, 6.07) is -0.238. The number of nitrogens with zero attached hydrogens (tertiary/aromatic N) is 2. The minimum absolute atomic E-state index is 0.204. The molecule has 0 radical (unpaired) electrons. The van der Waals surface area contributed by atoms with E-state index in [4.69, 9.17) is 0 Å². The number of rotatable bonds is 3. The summed E-state index contributed by atoms with van der Waals surface area (Å²) >= 11 is 4.04. The summed E-state index contributed by atoms with van der Waals surface area (Å²) in [5.41, 5.74) is 0. The summed E-state index contributed by atoms with van der Waals surface area (Å²) in [5.74, 6) is -0.204. The van der Waals surface area contributed by atoms with E-state index >= 15 is 0 Å². The number of carbonyl (C=O) groups is 2. The average molecular weight is 202 g/mol. The van der Waals surface area contributed by atoms with Crippen LogP contribution in [0.5, 0.6) is 0 Å². The molecule has 0 aliphatic carbocycles. The number of amides is 3. The molecule has 1 saturated heterocycles. The molecule has 3 amide bonds. The Labute approximate surface area is 83.3 Å². The molecule has 0 N–H and O–H groups in total. The van der Waals surface area contributed by atoms with Crippen LogP contribution < -0.4 is 0 Å². The summed E-state index contributed by atoms with van der Waals surface area (Å²) in [4.78, 5) is 25.4. The lowest BCUT2D eigenvalue weighted by molar-refractivity contribution is -0.126. The number of unbranched alkanes of at least 4 members (excludes halogenated alkanes) is 1. The molecule has 1 aliphatic rings. The Bertz CT molecular complexity index is 212. The maximum absolute atomic E-state index is 11.4. The van der Waals surface area contributed by atoms with Gasteiger partial charge in [0.15, 0.2) is 5.37 Å². The van der Waals surface area contributed by atoms with Crippen molar-refractivity contribution in [2.75, 3.05) is 13.6 Å². The molecule has 4 nitrogen and oxygen atoms in total. The van der Waals surface area contributed by atoms with Crippen LogP contribution in [0.2, 0.25) is 0 Å². The van der Waals surface area contributed by atoms with Crippen molar-refractivity contribution in [3.05, 3.63) is 0 Å². The molecule has 1 rings (SSSR count). The van der Waals surface area contributed by atoms with Crippen LogP contribution in [0.1, 0.15) is 19.8 Å². The fourth-order valence-corrected chi connectivity index (χ4v) is 1.45. The van der Waals surface area contributed by atoms with Crippen molar-refractivity contribution >= 4 is 24.6 Å². The average Bonchev–Trinajstić information content (AvgIpc) is 2.30. The smallest absolute Gasteiger partial charge is 0.307 e. The molecule has 0 aromatic carbocycles. The summed E-state index contributed by atoms with van der Waals surface area (Å²) in [7, 11) is 1.59. The number of carbonyl (C=O) groups excluding carboxylic acids is 2. The molecular formula is C8H14N2O2S. The molecule has 1 heterocycles. The second kappa shape index (κ2) is 4.00. The standard InChI is InChI=1S/C8H14N2O2S/c1-3-4-5-10-6(11)7(13)9(2)8(10)12/h7,13H,3-5H2,1-2H3. The second-order valence-corrected chi connectivity index (χ2v) is 3.60. The number of thiol groups is 1. The highest BCUT2D eigenvalue weighted by atomic mass is 32.1. The Hall–Kier alpha value is -0.710. The minimum atomic E-state index is -0.593. The highest BCUT2D eigenvalue weighted by Gasteiger charge is 2.40. The molecule has 74 valence electrons. The van der Waals surface area contributed by atoms with Crippen LogP contribution in [0, 0.1) is 0 Å². The van der Waals surface area contributed by atoms with Crippen molar-refractivity contribution in [2.24, 2.45) is 0 Å². The highest BCUT2D eigenvalue weighted by molar-refractivity contribution is 7.81. The van der Waals surface area contributed by atoms with Crippen LogP contribution >= 0.6 is 12.6 Å². The number of hydrogen-bond acceptors (Lipinski definition) is 3. The first kappa shape index (κ1) is 10.4. The molecule has 5 heteroatoms. The zero-order valence-electron chi connectivity index (χ0n) is 7.86. The van der Waals surface area contributed by atoms with Crippen molar-refractivity contribution in [3.63, 3.8) is 0 Å². The van der Waals surface area contributed by atoms with E-state index < -0.39 is 5.37 Å². The lowest BCUT2D eigenvalue weighted by Crippen LogP contribution is -2.32. The molecule has 0 aromatic rings. The van der Waals surface area contributed by atoms with Gasteiger partial charge in [-0.1, -0.05) is 13.3 Å². The van der Waals surface area contributed by atoms with E-state index in [1.165, 1.54) is 9.80 Å². The van der Waals surface area contributed by atoms with Crippen LogP contribution in [0.3, 0.4) is 0 Å². The van der Waals surface area contributed by atoms with Gasteiger partial charge >= 0.3 is 6.03 Å². The summed E-state index contributed by atoms with van der Waals surface area (Å²) in [6.45, 7) is 2.53. The molecule has 0 spiro atoms. The number of imide groups is 1. The van der Waals surface area contributed by atoms with Gasteiger partial charge in [-0.05, 0) is 6.42 Å². The third-order valence-electron chi connectivity index (χ3n) is 2.12. The Kier molecular flexibility index (Phi) is 3.19. The molecule has 1 fully saturated rings. The van der Waals surface area contributed by atoms with E-state index in [2.05, 4.69) is 12.6 Å². The molecule has 1 aliphatic heterocycles. The predicted octanol–water partition coefficient (Wildman–Crippen LogP) is 0.936. The Balaban J connectivity index is 2.64. The molecule has 0 aromatic heterocycles. The molecule has 13 heavy (non-hydrogen) atoms. The first-order valence-electron chi connectivity index (χ1n) is 4.35. The molecule has 1 unspecified atom stereocenters. The van der Waals surface area contributed by atoms with Crippen LogP contribution in [0.4, 0.5) is 4.79 Å².